The normalized spacial score (nSPS) is 32.5. The molecule has 3 fully saturated rings. The summed E-state index contributed by atoms with van der Waals surface area (Å²) >= 11 is 0. The van der Waals surface area contributed by atoms with Gasteiger partial charge in [0.2, 0.25) is 5.91 Å². The summed E-state index contributed by atoms with van der Waals surface area (Å²) in [6.45, 7) is 7.66. The zero-order chi connectivity index (χ0) is 14.2. The maximum atomic E-state index is 13.0. The third-order valence-electron chi connectivity index (χ3n) is 5.65. The lowest BCUT2D eigenvalue weighted by molar-refractivity contribution is -0.139. The molecule has 0 spiro atoms. The van der Waals surface area contributed by atoms with E-state index >= 15 is 0 Å². The Morgan fingerprint density at radius 1 is 1.15 bits per heavy atom. The molecule has 3 rings (SSSR count). The number of nitrogens with zero attached hydrogens (tertiary/aromatic N) is 1. The third kappa shape index (κ3) is 3.19. The highest BCUT2D eigenvalue weighted by atomic mass is 16.2. The second-order valence-corrected chi connectivity index (χ2v) is 7.91. The molecule has 1 heterocycles. The summed E-state index contributed by atoms with van der Waals surface area (Å²) in [4.78, 5) is 15.2. The zero-order valence-electron chi connectivity index (χ0n) is 13.2. The third-order valence-corrected chi connectivity index (χ3v) is 5.65. The maximum Gasteiger partial charge on any atom is 0.226 e. The molecule has 1 N–H and O–H groups in total. The van der Waals surface area contributed by atoms with E-state index in [1.165, 1.54) is 38.5 Å². The van der Waals surface area contributed by atoms with Crippen molar-refractivity contribution in [3.8, 4) is 0 Å². The highest BCUT2D eigenvalue weighted by molar-refractivity contribution is 5.80. The van der Waals surface area contributed by atoms with Crippen molar-refractivity contribution in [3.05, 3.63) is 0 Å². The second-order valence-electron chi connectivity index (χ2n) is 7.91. The van der Waals surface area contributed by atoms with E-state index < -0.39 is 0 Å². The van der Waals surface area contributed by atoms with Crippen molar-refractivity contribution in [1.82, 2.24) is 10.2 Å². The molecule has 2 aliphatic carbocycles. The van der Waals surface area contributed by atoms with Crippen molar-refractivity contribution in [3.63, 3.8) is 0 Å². The Morgan fingerprint density at radius 2 is 1.95 bits per heavy atom. The Labute approximate surface area is 123 Å². The molecule has 3 heteroatoms. The van der Waals surface area contributed by atoms with Crippen LogP contribution in [0, 0.1) is 17.3 Å². The van der Waals surface area contributed by atoms with Gasteiger partial charge in [0.15, 0.2) is 0 Å². The highest BCUT2D eigenvalue weighted by Gasteiger charge is 2.42. The van der Waals surface area contributed by atoms with Crippen LogP contribution in [0.25, 0.3) is 0 Å². The van der Waals surface area contributed by atoms with E-state index in [0.717, 1.165) is 32.0 Å². The van der Waals surface area contributed by atoms with E-state index in [0.29, 0.717) is 11.9 Å². The van der Waals surface area contributed by atoms with Crippen LogP contribution < -0.4 is 5.32 Å². The van der Waals surface area contributed by atoms with Gasteiger partial charge in [-0.3, -0.25) is 4.79 Å². The van der Waals surface area contributed by atoms with Crippen LogP contribution in [0.2, 0.25) is 0 Å². The van der Waals surface area contributed by atoms with Crippen molar-refractivity contribution >= 4 is 5.91 Å². The minimum absolute atomic E-state index is 0.210. The van der Waals surface area contributed by atoms with Gasteiger partial charge in [0.1, 0.15) is 0 Å². The van der Waals surface area contributed by atoms with Crippen LogP contribution in [-0.2, 0) is 4.79 Å². The van der Waals surface area contributed by atoms with Gasteiger partial charge in [-0.1, -0.05) is 20.3 Å². The largest absolute Gasteiger partial charge is 0.341 e. The summed E-state index contributed by atoms with van der Waals surface area (Å²) in [7, 11) is 0. The molecule has 0 aromatic heterocycles. The topological polar surface area (TPSA) is 32.3 Å². The van der Waals surface area contributed by atoms with Crippen LogP contribution in [0.5, 0.6) is 0 Å². The van der Waals surface area contributed by atoms with Crippen molar-refractivity contribution in [2.75, 3.05) is 19.6 Å². The first kappa shape index (κ1) is 14.4. The van der Waals surface area contributed by atoms with Gasteiger partial charge in [0.05, 0.1) is 0 Å². The van der Waals surface area contributed by atoms with Crippen molar-refractivity contribution < 1.29 is 4.79 Å². The molecule has 2 saturated carbocycles. The fraction of sp³-hybridized carbons (Fsp3) is 0.941. The standard InChI is InChI=1S/C17H30N2O/c1-17(2)9-3-6-15(17)16(20)19(11-13-7-8-13)12-14-5-4-10-18-14/h13-15,18H,3-12H2,1-2H3. The molecule has 0 bridgehead atoms. The van der Waals surface area contributed by atoms with Crippen molar-refractivity contribution in [1.29, 1.82) is 0 Å². The monoisotopic (exact) mass is 278 g/mol. The summed E-state index contributed by atoms with van der Waals surface area (Å²) in [5.41, 5.74) is 0.210. The Balaban J connectivity index is 1.65. The van der Waals surface area contributed by atoms with Crippen molar-refractivity contribution in [2.24, 2.45) is 17.3 Å². The first-order chi connectivity index (χ1) is 9.56. The number of hydrogen-bond donors (Lipinski definition) is 1. The summed E-state index contributed by atoms with van der Waals surface area (Å²) in [6, 6.07) is 0.544. The fourth-order valence-corrected chi connectivity index (χ4v) is 4.05. The summed E-state index contributed by atoms with van der Waals surface area (Å²) < 4.78 is 0. The predicted molar refractivity (Wildman–Crippen MR) is 81.5 cm³/mol. The molecule has 2 unspecified atom stereocenters. The van der Waals surface area contributed by atoms with Crippen LogP contribution in [0.15, 0.2) is 0 Å². The first-order valence-electron chi connectivity index (χ1n) is 8.58. The minimum atomic E-state index is 0.210. The number of carbonyl (C=O) groups is 1. The molecule has 0 radical (unpaired) electrons. The lowest BCUT2D eigenvalue weighted by Crippen LogP contribution is -2.46. The van der Waals surface area contributed by atoms with Crippen LogP contribution in [0.1, 0.15) is 58.8 Å². The van der Waals surface area contributed by atoms with Gasteiger partial charge in [-0.15, -0.1) is 0 Å². The van der Waals surface area contributed by atoms with E-state index in [9.17, 15) is 4.79 Å². The Kier molecular flexibility index (Phi) is 4.07. The van der Waals surface area contributed by atoms with E-state index in [1.54, 1.807) is 0 Å². The molecule has 1 saturated heterocycles. The van der Waals surface area contributed by atoms with Gasteiger partial charge in [-0.25, -0.2) is 0 Å². The van der Waals surface area contributed by atoms with Crippen LogP contribution in [0.4, 0.5) is 0 Å². The van der Waals surface area contributed by atoms with Gasteiger partial charge in [-0.2, -0.15) is 0 Å². The SMILES string of the molecule is CC1(C)CCCC1C(=O)N(CC1CC1)CC1CCCN1. The molecule has 114 valence electrons. The van der Waals surface area contributed by atoms with Gasteiger partial charge in [-0.05, 0) is 56.4 Å². The van der Waals surface area contributed by atoms with E-state index in [2.05, 4.69) is 24.1 Å². The zero-order valence-corrected chi connectivity index (χ0v) is 13.2. The Hall–Kier alpha value is -0.570. The molecule has 1 aliphatic heterocycles. The highest BCUT2D eigenvalue weighted by Crippen LogP contribution is 2.44. The van der Waals surface area contributed by atoms with Crippen LogP contribution in [-0.4, -0.2) is 36.5 Å². The number of carbonyl (C=O) groups excluding carboxylic acids is 1. The van der Waals surface area contributed by atoms with Crippen LogP contribution >= 0.6 is 0 Å². The molecular formula is C17H30N2O. The van der Waals surface area contributed by atoms with Crippen LogP contribution in [0.3, 0.4) is 0 Å². The number of amides is 1. The first-order valence-corrected chi connectivity index (χ1v) is 8.58. The number of rotatable bonds is 5. The number of nitrogens with one attached hydrogen (secondary N) is 1. The second kappa shape index (κ2) is 5.67. The molecule has 20 heavy (non-hydrogen) atoms. The Morgan fingerprint density at radius 3 is 2.50 bits per heavy atom. The molecule has 3 nitrogen and oxygen atoms in total. The molecule has 0 aromatic rings. The fourth-order valence-electron chi connectivity index (χ4n) is 4.05. The lowest BCUT2D eigenvalue weighted by Gasteiger charge is -2.33. The van der Waals surface area contributed by atoms with E-state index in [-0.39, 0.29) is 11.3 Å². The summed E-state index contributed by atoms with van der Waals surface area (Å²) in [5, 5.41) is 3.55. The summed E-state index contributed by atoms with van der Waals surface area (Å²) in [6.07, 6.45) is 8.70. The molecule has 2 atom stereocenters. The Bertz CT molecular complexity index is 356. The maximum absolute atomic E-state index is 13.0. The number of hydrogen-bond acceptors (Lipinski definition) is 2. The van der Waals surface area contributed by atoms with E-state index in [4.69, 9.17) is 0 Å². The van der Waals surface area contributed by atoms with Gasteiger partial charge in [0.25, 0.3) is 0 Å². The van der Waals surface area contributed by atoms with Gasteiger partial charge in [0, 0.05) is 25.0 Å². The smallest absolute Gasteiger partial charge is 0.226 e. The molecule has 0 aromatic carbocycles. The quantitative estimate of drug-likeness (QED) is 0.838. The minimum Gasteiger partial charge on any atom is -0.341 e. The van der Waals surface area contributed by atoms with E-state index in [1.807, 2.05) is 0 Å². The predicted octanol–water partition coefficient (Wildman–Crippen LogP) is 2.80. The molecule has 1 amide bonds. The average Bonchev–Trinajstić information content (AvgIpc) is 2.92. The summed E-state index contributed by atoms with van der Waals surface area (Å²) in [5.74, 6) is 1.51. The molecule has 3 aliphatic rings. The molecular weight excluding hydrogens is 248 g/mol. The average molecular weight is 278 g/mol. The van der Waals surface area contributed by atoms with Gasteiger partial charge < -0.3 is 10.2 Å². The lowest BCUT2D eigenvalue weighted by atomic mass is 9.81. The van der Waals surface area contributed by atoms with Crippen molar-refractivity contribution in [2.45, 2.75) is 64.8 Å². The van der Waals surface area contributed by atoms with Gasteiger partial charge >= 0.3 is 0 Å².